The number of aromatic nitrogens is 2. The number of pyridine rings is 1. The summed E-state index contributed by atoms with van der Waals surface area (Å²) < 4.78 is 10.9. The van der Waals surface area contributed by atoms with Gasteiger partial charge in [-0.15, -0.1) is 0 Å². The molecular formula is C19H24N4O3. The van der Waals surface area contributed by atoms with Gasteiger partial charge in [0.05, 0.1) is 17.8 Å². The average molecular weight is 356 g/mol. The Bertz CT molecular complexity index is 763. The molecule has 1 amide bonds. The van der Waals surface area contributed by atoms with Crippen LogP contribution in [0.5, 0.6) is 0 Å². The van der Waals surface area contributed by atoms with Crippen LogP contribution in [0.25, 0.3) is 0 Å². The Morgan fingerprint density at radius 3 is 3.00 bits per heavy atom. The SMILES string of the molecule is CO[C@@H]1CCN(C(=O)c2cc(C)no2)[C@H]2CN(Cc3cccnc3)C[C@@H]12. The molecule has 7 heteroatoms. The molecule has 0 aliphatic carbocycles. The number of nitrogens with zero attached hydrogens (tertiary/aromatic N) is 4. The van der Waals surface area contributed by atoms with Crippen LogP contribution in [0, 0.1) is 12.8 Å². The van der Waals surface area contributed by atoms with Gasteiger partial charge in [0.15, 0.2) is 0 Å². The van der Waals surface area contributed by atoms with Crippen LogP contribution >= 0.6 is 0 Å². The lowest BCUT2D eigenvalue weighted by Gasteiger charge is -2.40. The van der Waals surface area contributed by atoms with Crippen molar-refractivity contribution in [1.82, 2.24) is 19.9 Å². The van der Waals surface area contributed by atoms with Gasteiger partial charge in [0, 0.05) is 57.7 Å². The quantitative estimate of drug-likeness (QED) is 0.831. The van der Waals surface area contributed by atoms with Crippen molar-refractivity contribution in [2.75, 3.05) is 26.7 Å². The number of amides is 1. The molecule has 138 valence electrons. The highest BCUT2D eigenvalue weighted by molar-refractivity contribution is 5.91. The summed E-state index contributed by atoms with van der Waals surface area (Å²) in [4.78, 5) is 21.5. The van der Waals surface area contributed by atoms with Crippen molar-refractivity contribution in [3.05, 3.63) is 47.6 Å². The summed E-state index contributed by atoms with van der Waals surface area (Å²) in [5, 5.41) is 3.86. The van der Waals surface area contributed by atoms with E-state index in [2.05, 4.69) is 21.1 Å². The van der Waals surface area contributed by atoms with Crippen LogP contribution in [-0.4, -0.2) is 64.7 Å². The number of piperidine rings is 1. The van der Waals surface area contributed by atoms with E-state index >= 15 is 0 Å². The maximum absolute atomic E-state index is 12.9. The molecule has 2 saturated heterocycles. The molecule has 26 heavy (non-hydrogen) atoms. The van der Waals surface area contributed by atoms with Gasteiger partial charge in [-0.1, -0.05) is 11.2 Å². The molecule has 4 rings (SSSR count). The van der Waals surface area contributed by atoms with E-state index in [0.29, 0.717) is 18.2 Å². The normalized spacial score (nSPS) is 26.1. The molecule has 3 atom stereocenters. The maximum atomic E-state index is 12.9. The third kappa shape index (κ3) is 3.24. The molecule has 2 aromatic rings. The van der Waals surface area contributed by atoms with Gasteiger partial charge in [-0.3, -0.25) is 14.7 Å². The van der Waals surface area contributed by atoms with Crippen molar-refractivity contribution in [1.29, 1.82) is 0 Å². The topological polar surface area (TPSA) is 71.7 Å². The standard InChI is InChI=1S/C19H24N4O3/c1-13-8-18(26-21-13)19(24)23-7-5-17(25-2)15-11-22(12-16(15)23)10-14-4-3-6-20-9-14/h3-4,6,8-9,15-17H,5,7,10-12H2,1-2H3/t15-,16+,17-/m1/s1. The monoisotopic (exact) mass is 356 g/mol. The lowest BCUT2D eigenvalue weighted by Crippen LogP contribution is -2.53. The minimum atomic E-state index is -0.0709. The van der Waals surface area contributed by atoms with Crippen molar-refractivity contribution in [3.8, 4) is 0 Å². The lowest BCUT2D eigenvalue weighted by molar-refractivity contribution is -0.0168. The maximum Gasteiger partial charge on any atom is 0.292 e. The Morgan fingerprint density at radius 1 is 1.42 bits per heavy atom. The van der Waals surface area contributed by atoms with Gasteiger partial charge in [-0.25, -0.2) is 0 Å². The predicted molar refractivity (Wildman–Crippen MR) is 94.5 cm³/mol. The molecule has 2 aliphatic heterocycles. The van der Waals surface area contributed by atoms with Crippen molar-refractivity contribution in [2.24, 2.45) is 5.92 Å². The number of carbonyl (C=O) groups is 1. The van der Waals surface area contributed by atoms with Crippen LogP contribution < -0.4 is 0 Å². The zero-order valence-corrected chi connectivity index (χ0v) is 15.2. The first-order valence-electron chi connectivity index (χ1n) is 9.04. The Kier molecular flexibility index (Phi) is 4.74. The summed E-state index contributed by atoms with van der Waals surface area (Å²) in [5.74, 6) is 0.555. The third-order valence-electron chi connectivity index (χ3n) is 5.47. The number of ether oxygens (including phenoxy) is 1. The van der Waals surface area contributed by atoms with Crippen molar-refractivity contribution >= 4 is 5.91 Å². The lowest BCUT2D eigenvalue weighted by atomic mass is 9.89. The Morgan fingerprint density at radius 2 is 2.31 bits per heavy atom. The largest absolute Gasteiger partial charge is 0.381 e. The molecule has 2 aliphatic rings. The first-order valence-corrected chi connectivity index (χ1v) is 9.04. The van der Waals surface area contributed by atoms with E-state index in [0.717, 1.165) is 31.7 Å². The second-order valence-corrected chi connectivity index (χ2v) is 7.18. The molecule has 0 saturated carbocycles. The fourth-order valence-corrected chi connectivity index (χ4v) is 4.27. The first-order chi connectivity index (χ1) is 12.7. The Hall–Kier alpha value is -2.25. The first kappa shape index (κ1) is 17.2. The highest BCUT2D eigenvalue weighted by atomic mass is 16.5. The molecule has 0 unspecified atom stereocenters. The van der Waals surface area contributed by atoms with Crippen LogP contribution in [0.1, 0.15) is 28.2 Å². The minimum Gasteiger partial charge on any atom is -0.381 e. The summed E-state index contributed by atoms with van der Waals surface area (Å²) in [7, 11) is 1.77. The smallest absolute Gasteiger partial charge is 0.292 e. The highest BCUT2D eigenvalue weighted by Gasteiger charge is 2.46. The molecule has 2 aromatic heterocycles. The summed E-state index contributed by atoms with van der Waals surface area (Å²) in [6.45, 7) is 5.08. The van der Waals surface area contributed by atoms with E-state index in [4.69, 9.17) is 9.26 Å². The summed E-state index contributed by atoms with van der Waals surface area (Å²) >= 11 is 0. The van der Waals surface area contributed by atoms with E-state index in [1.807, 2.05) is 24.1 Å². The van der Waals surface area contributed by atoms with E-state index in [9.17, 15) is 4.79 Å². The van der Waals surface area contributed by atoms with E-state index in [1.54, 1.807) is 19.4 Å². The number of hydrogen-bond acceptors (Lipinski definition) is 6. The third-order valence-corrected chi connectivity index (χ3v) is 5.47. The molecule has 2 fully saturated rings. The van der Waals surface area contributed by atoms with Gasteiger partial charge in [-0.2, -0.15) is 0 Å². The Labute approximate surface area is 152 Å². The molecule has 7 nitrogen and oxygen atoms in total. The fraction of sp³-hybridized carbons (Fsp3) is 0.526. The molecule has 0 aromatic carbocycles. The number of likely N-dealkylation sites (tertiary alicyclic amines) is 2. The Balaban J connectivity index is 1.52. The molecular weight excluding hydrogens is 332 g/mol. The van der Waals surface area contributed by atoms with Crippen LogP contribution in [0.15, 0.2) is 35.1 Å². The second kappa shape index (κ2) is 7.17. The summed E-state index contributed by atoms with van der Waals surface area (Å²) in [6, 6.07) is 5.88. The predicted octanol–water partition coefficient (Wildman–Crippen LogP) is 1.74. The van der Waals surface area contributed by atoms with Gasteiger partial charge < -0.3 is 14.2 Å². The number of aryl methyl sites for hydroxylation is 1. The number of fused-ring (bicyclic) bond motifs is 1. The average Bonchev–Trinajstić information content (AvgIpc) is 3.27. The van der Waals surface area contributed by atoms with Crippen molar-refractivity contribution in [3.63, 3.8) is 0 Å². The van der Waals surface area contributed by atoms with Gasteiger partial charge in [0.25, 0.3) is 5.91 Å². The van der Waals surface area contributed by atoms with E-state index in [1.165, 1.54) is 5.56 Å². The molecule has 0 bridgehead atoms. The van der Waals surface area contributed by atoms with E-state index in [-0.39, 0.29) is 18.1 Å². The zero-order chi connectivity index (χ0) is 18.1. The second-order valence-electron chi connectivity index (χ2n) is 7.18. The minimum absolute atomic E-state index is 0.0709. The summed E-state index contributed by atoms with van der Waals surface area (Å²) in [6.07, 6.45) is 4.71. The number of methoxy groups -OCH3 is 1. The number of carbonyl (C=O) groups excluding carboxylic acids is 1. The highest BCUT2D eigenvalue weighted by Crippen LogP contribution is 2.34. The zero-order valence-electron chi connectivity index (χ0n) is 15.2. The molecule has 0 N–H and O–H groups in total. The van der Waals surface area contributed by atoms with Gasteiger partial charge in [-0.05, 0) is 25.0 Å². The fourth-order valence-electron chi connectivity index (χ4n) is 4.27. The molecule has 4 heterocycles. The molecule has 0 spiro atoms. The van der Waals surface area contributed by atoms with Crippen LogP contribution in [0.3, 0.4) is 0 Å². The number of rotatable bonds is 4. The number of hydrogen-bond donors (Lipinski definition) is 0. The van der Waals surface area contributed by atoms with E-state index < -0.39 is 0 Å². The van der Waals surface area contributed by atoms with Crippen LogP contribution in [-0.2, 0) is 11.3 Å². The van der Waals surface area contributed by atoms with Gasteiger partial charge in [0.2, 0.25) is 5.76 Å². The van der Waals surface area contributed by atoms with Crippen LogP contribution in [0.2, 0.25) is 0 Å². The van der Waals surface area contributed by atoms with Crippen molar-refractivity contribution < 1.29 is 14.1 Å². The molecule has 0 radical (unpaired) electrons. The van der Waals surface area contributed by atoms with Crippen molar-refractivity contribution in [2.45, 2.75) is 32.0 Å². The van der Waals surface area contributed by atoms with Gasteiger partial charge >= 0.3 is 0 Å². The van der Waals surface area contributed by atoms with Gasteiger partial charge in [0.1, 0.15) is 0 Å². The summed E-state index contributed by atoms with van der Waals surface area (Å²) in [5.41, 5.74) is 1.91. The van der Waals surface area contributed by atoms with Crippen LogP contribution in [0.4, 0.5) is 0 Å².